The first-order chi connectivity index (χ1) is 16.3. The van der Waals surface area contributed by atoms with Crippen LogP contribution in [0.5, 0.6) is 0 Å². The Bertz CT molecular complexity index is 1160. The van der Waals surface area contributed by atoms with Gasteiger partial charge in [-0.15, -0.1) is 10.2 Å². The van der Waals surface area contributed by atoms with Crippen LogP contribution in [-0.2, 0) is 11.8 Å². The lowest BCUT2D eigenvalue weighted by molar-refractivity contribution is -0.384. The molecule has 0 aliphatic rings. The van der Waals surface area contributed by atoms with E-state index in [0.29, 0.717) is 11.0 Å². The average Bonchev–Trinajstić information content (AvgIpc) is 3.22. The predicted molar refractivity (Wildman–Crippen MR) is 129 cm³/mol. The zero-order valence-electron chi connectivity index (χ0n) is 19.0. The summed E-state index contributed by atoms with van der Waals surface area (Å²) < 4.78 is 1.81. The van der Waals surface area contributed by atoms with E-state index >= 15 is 0 Å². The van der Waals surface area contributed by atoms with Gasteiger partial charge in [0, 0.05) is 49.1 Å². The Balaban J connectivity index is 1.53. The van der Waals surface area contributed by atoms with Gasteiger partial charge in [-0.2, -0.15) is 0 Å². The molecular weight excluding hydrogens is 458 g/mol. The second-order valence-corrected chi connectivity index (χ2v) is 8.12. The van der Waals surface area contributed by atoms with Gasteiger partial charge in [0.2, 0.25) is 5.91 Å². The predicted octanol–water partition coefficient (Wildman–Crippen LogP) is 2.79. The van der Waals surface area contributed by atoms with Gasteiger partial charge in [-0.1, -0.05) is 11.8 Å². The van der Waals surface area contributed by atoms with Gasteiger partial charge < -0.3 is 9.47 Å². The van der Waals surface area contributed by atoms with Gasteiger partial charge in [0.25, 0.3) is 11.6 Å². The summed E-state index contributed by atoms with van der Waals surface area (Å²) >= 11 is 1.18. The number of amides is 2. The quantitative estimate of drug-likeness (QED) is 0.269. The molecule has 0 saturated carbocycles. The van der Waals surface area contributed by atoms with Crippen molar-refractivity contribution in [3.63, 3.8) is 0 Å². The summed E-state index contributed by atoms with van der Waals surface area (Å²) in [4.78, 5) is 36.6. The largest absolute Gasteiger partial charge is 0.372 e. The number of nitro groups is 1. The third-order valence-corrected chi connectivity index (χ3v) is 6.10. The summed E-state index contributed by atoms with van der Waals surface area (Å²) in [7, 11) is 1.82. The van der Waals surface area contributed by atoms with Gasteiger partial charge in [-0.3, -0.25) is 30.6 Å². The Morgan fingerprint density at radius 3 is 2.26 bits per heavy atom. The van der Waals surface area contributed by atoms with Crippen molar-refractivity contribution in [2.45, 2.75) is 19.0 Å². The highest BCUT2D eigenvalue weighted by atomic mass is 32.2. The van der Waals surface area contributed by atoms with Gasteiger partial charge in [-0.05, 0) is 50.2 Å². The van der Waals surface area contributed by atoms with E-state index in [0.717, 1.165) is 24.3 Å². The SMILES string of the molecule is CCN(CC)c1ccc(-c2nnc(SCC(=O)NNC(=O)c3ccc([N+](=O)[O-])cc3)n2C)cc1. The van der Waals surface area contributed by atoms with Crippen molar-refractivity contribution in [3.05, 3.63) is 64.2 Å². The van der Waals surface area contributed by atoms with Crippen molar-refractivity contribution in [1.29, 1.82) is 0 Å². The molecule has 0 atom stereocenters. The van der Waals surface area contributed by atoms with Crippen molar-refractivity contribution in [2.24, 2.45) is 7.05 Å². The summed E-state index contributed by atoms with van der Waals surface area (Å²) in [6, 6.07) is 13.1. The van der Waals surface area contributed by atoms with E-state index in [-0.39, 0.29) is 17.0 Å². The fourth-order valence-corrected chi connectivity index (χ4v) is 3.91. The first-order valence-corrected chi connectivity index (χ1v) is 11.5. The molecule has 178 valence electrons. The summed E-state index contributed by atoms with van der Waals surface area (Å²) in [5.74, 6) is -0.329. The van der Waals surface area contributed by atoms with Crippen LogP contribution >= 0.6 is 11.8 Å². The first kappa shape index (κ1) is 24.7. The molecule has 11 nitrogen and oxygen atoms in total. The number of nitro benzene ring substituents is 1. The standard InChI is InChI=1S/C22H25N7O4S/c1-4-28(5-2)17-10-6-15(7-11-17)20-24-26-22(27(20)3)34-14-19(30)23-25-21(31)16-8-12-18(13-9-16)29(32)33/h6-13H,4-5,14H2,1-3H3,(H,23,30)(H,25,31). The molecule has 0 aliphatic heterocycles. The second kappa shape index (κ2) is 11.3. The minimum atomic E-state index is -0.581. The van der Waals surface area contributed by atoms with Crippen LogP contribution in [0.4, 0.5) is 11.4 Å². The molecule has 3 aromatic rings. The van der Waals surface area contributed by atoms with Crippen LogP contribution in [0, 0.1) is 10.1 Å². The normalized spacial score (nSPS) is 10.6. The molecule has 12 heteroatoms. The minimum absolute atomic E-state index is 0.00735. The molecule has 0 spiro atoms. The number of aromatic nitrogens is 3. The number of anilines is 1. The number of carbonyl (C=O) groups is 2. The number of hydrogen-bond acceptors (Lipinski definition) is 8. The van der Waals surface area contributed by atoms with Crippen molar-refractivity contribution in [3.8, 4) is 11.4 Å². The zero-order valence-corrected chi connectivity index (χ0v) is 19.8. The number of thioether (sulfide) groups is 1. The molecule has 0 fully saturated rings. The summed E-state index contributed by atoms with van der Waals surface area (Å²) in [6.07, 6.45) is 0. The van der Waals surface area contributed by atoms with Crippen molar-refractivity contribution < 1.29 is 14.5 Å². The van der Waals surface area contributed by atoms with E-state index < -0.39 is 16.7 Å². The highest BCUT2D eigenvalue weighted by molar-refractivity contribution is 7.99. The fraction of sp³-hybridized carbons (Fsp3) is 0.273. The number of nitrogens with zero attached hydrogens (tertiary/aromatic N) is 5. The van der Waals surface area contributed by atoms with Crippen LogP contribution < -0.4 is 15.8 Å². The minimum Gasteiger partial charge on any atom is -0.372 e. The summed E-state index contributed by atoms with van der Waals surface area (Å²) in [6.45, 7) is 6.08. The van der Waals surface area contributed by atoms with Crippen LogP contribution in [0.3, 0.4) is 0 Å². The monoisotopic (exact) mass is 483 g/mol. The number of non-ortho nitro benzene ring substituents is 1. The number of benzene rings is 2. The molecule has 0 saturated heterocycles. The van der Waals surface area contributed by atoms with Gasteiger partial charge in [0.1, 0.15) is 0 Å². The molecule has 0 bridgehead atoms. The Hall–Kier alpha value is -3.93. The lowest BCUT2D eigenvalue weighted by Gasteiger charge is -2.21. The van der Waals surface area contributed by atoms with E-state index in [1.807, 2.05) is 31.3 Å². The van der Waals surface area contributed by atoms with Crippen LogP contribution in [-0.4, -0.2) is 50.3 Å². The first-order valence-electron chi connectivity index (χ1n) is 10.5. The molecule has 2 amide bonds. The van der Waals surface area contributed by atoms with E-state index in [4.69, 9.17) is 0 Å². The summed E-state index contributed by atoms with van der Waals surface area (Å²) in [5, 5.41) is 19.6. The van der Waals surface area contributed by atoms with Crippen molar-refractivity contribution in [2.75, 3.05) is 23.7 Å². The molecule has 2 N–H and O–H groups in total. The number of hydrogen-bond donors (Lipinski definition) is 2. The Kier molecular flexibility index (Phi) is 8.19. The van der Waals surface area contributed by atoms with Crippen LogP contribution in [0.2, 0.25) is 0 Å². The number of rotatable bonds is 9. The van der Waals surface area contributed by atoms with E-state index in [2.05, 4.69) is 39.8 Å². The van der Waals surface area contributed by atoms with Crippen molar-refractivity contribution in [1.82, 2.24) is 25.6 Å². The van der Waals surface area contributed by atoms with Crippen LogP contribution in [0.15, 0.2) is 53.7 Å². The smallest absolute Gasteiger partial charge is 0.269 e. The Labute approximate surface area is 200 Å². The molecule has 0 unspecified atom stereocenters. The summed E-state index contributed by atoms with van der Waals surface area (Å²) in [5.41, 5.74) is 6.71. The molecule has 0 aliphatic carbocycles. The molecular formula is C22H25N7O4S. The zero-order chi connectivity index (χ0) is 24.7. The Morgan fingerprint density at radius 1 is 1.03 bits per heavy atom. The van der Waals surface area contributed by atoms with Crippen LogP contribution in [0.25, 0.3) is 11.4 Å². The maximum atomic E-state index is 12.1. The van der Waals surface area contributed by atoms with Gasteiger partial charge in [0.15, 0.2) is 11.0 Å². The third kappa shape index (κ3) is 5.90. The van der Waals surface area contributed by atoms with E-state index in [1.54, 1.807) is 4.57 Å². The number of nitrogens with one attached hydrogen (secondary N) is 2. The van der Waals surface area contributed by atoms with Crippen molar-refractivity contribution >= 4 is 35.0 Å². The van der Waals surface area contributed by atoms with Gasteiger partial charge in [-0.25, -0.2) is 0 Å². The number of hydrazine groups is 1. The molecule has 3 rings (SSSR count). The molecule has 2 aromatic carbocycles. The van der Waals surface area contributed by atoms with Gasteiger partial charge in [0.05, 0.1) is 10.7 Å². The highest BCUT2D eigenvalue weighted by Gasteiger charge is 2.15. The fourth-order valence-electron chi connectivity index (χ4n) is 3.20. The van der Waals surface area contributed by atoms with Gasteiger partial charge >= 0.3 is 0 Å². The molecule has 1 aromatic heterocycles. The average molecular weight is 484 g/mol. The lowest BCUT2D eigenvalue weighted by atomic mass is 10.2. The maximum absolute atomic E-state index is 12.1. The van der Waals surface area contributed by atoms with Crippen LogP contribution in [0.1, 0.15) is 24.2 Å². The molecule has 0 radical (unpaired) electrons. The maximum Gasteiger partial charge on any atom is 0.269 e. The van der Waals surface area contributed by atoms with E-state index in [9.17, 15) is 19.7 Å². The topological polar surface area (TPSA) is 135 Å². The lowest BCUT2D eigenvalue weighted by Crippen LogP contribution is -2.42. The second-order valence-electron chi connectivity index (χ2n) is 7.18. The molecule has 34 heavy (non-hydrogen) atoms. The van der Waals surface area contributed by atoms with E-state index in [1.165, 1.54) is 36.0 Å². The number of carbonyl (C=O) groups excluding carboxylic acids is 2. The third-order valence-electron chi connectivity index (χ3n) is 5.08. The molecule has 1 heterocycles. The Morgan fingerprint density at radius 2 is 1.68 bits per heavy atom. The highest BCUT2D eigenvalue weighted by Crippen LogP contribution is 2.25.